The smallest absolute Gasteiger partial charge is 0.239 e. The number of ether oxygens (including phenoxy) is 1. The topological polar surface area (TPSA) is 44.8 Å². The number of nitrogens with one attached hydrogen (secondary N) is 1. The zero-order chi connectivity index (χ0) is 15.2. The van der Waals surface area contributed by atoms with Crippen molar-refractivity contribution in [3.8, 4) is 0 Å². The van der Waals surface area contributed by atoms with Crippen LogP contribution in [0.4, 0.5) is 0 Å². The molecule has 1 amide bonds. The van der Waals surface area contributed by atoms with Crippen LogP contribution in [0.3, 0.4) is 0 Å². The van der Waals surface area contributed by atoms with Crippen molar-refractivity contribution in [2.75, 3.05) is 39.4 Å². The molecule has 1 N–H and O–H groups in total. The van der Waals surface area contributed by atoms with Crippen molar-refractivity contribution in [1.82, 2.24) is 15.1 Å². The van der Waals surface area contributed by atoms with E-state index in [-0.39, 0.29) is 11.9 Å². The van der Waals surface area contributed by atoms with E-state index in [0.717, 1.165) is 26.1 Å². The van der Waals surface area contributed by atoms with Gasteiger partial charge in [-0.25, -0.2) is 0 Å². The van der Waals surface area contributed by atoms with Crippen molar-refractivity contribution >= 4 is 5.91 Å². The molecule has 0 aromatic rings. The van der Waals surface area contributed by atoms with Gasteiger partial charge in [-0.3, -0.25) is 4.79 Å². The number of nitrogens with zero attached hydrogens (tertiary/aromatic N) is 2. The summed E-state index contributed by atoms with van der Waals surface area (Å²) in [5.41, 5.74) is 0. The quantitative estimate of drug-likeness (QED) is 0.843. The largest absolute Gasteiger partial charge is 0.378 e. The molecule has 0 aromatic heterocycles. The number of amides is 1. The number of carbonyl (C=O) groups excluding carboxylic acids is 1. The van der Waals surface area contributed by atoms with Crippen molar-refractivity contribution < 1.29 is 9.53 Å². The summed E-state index contributed by atoms with van der Waals surface area (Å²) in [5, 5.41) is 3.56. The van der Waals surface area contributed by atoms with Gasteiger partial charge in [-0.15, -0.1) is 0 Å². The maximum atomic E-state index is 12.4. The third kappa shape index (κ3) is 4.94. The third-order valence-corrected chi connectivity index (χ3v) is 4.67. The van der Waals surface area contributed by atoms with Gasteiger partial charge in [0.25, 0.3) is 0 Å². The molecule has 0 aromatic carbocycles. The van der Waals surface area contributed by atoms with Crippen LogP contribution in [0.1, 0.15) is 40.0 Å². The summed E-state index contributed by atoms with van der Waals surface area (Å²) in [6.07, 6.45) is 3.52. The molecule has 2 rings (SSSR count). The number of likely N-dealkylation sites (tertiary alicyclic amines) is 1. The molecule has 0 spiro atoms. The van der Waals surface area contributed by atoms with Gasteiger partial charge in [-0.05, 0) is 53.1 Å². The summed E-state index contributed by atoms with van der Waals surface area (Å²) in [5.74, 6) is 0.225. The van der Waals surface area contributed by atoms with Crippen LogP contribution in [0, 0.1) is 0 Å². The average Bonchev–Trinajstić information content (AvgIpc) is 2.73. The normalized spacial score (nSPS) is 26.7. The predicted octanol–water partition coefficient (Wildman–Crippen LogP) is 1.09. The van der Waals surface area contributed by atoms with Crippen molar-refractivity contribution in [3.05, 3.63) is 0 Å². The van der Waals surface area contributed by atoms with Crippen molar-refractivity contribution in [1.29, 1.82) is 0 Å². The summed E-state index contributed by atoms with van der Waals surface area (Å²) in [6.45, 7) is 11.7. The van der Waals surface area contributed by atoms with E-state index < -0.39 is 0 Å². The highest BCUT2D eigenvalue weighted by Crippen LogP contribution is 2.14. The minimum atomic E-state index is -0.0845. The first-order valence-electron chi connectivity index (χ1n) is 8.44. The molecular weight excluding hydrogens is 266 g/mol. The lowest BCUT2D eigenvalue weighted by Crippen LogP contribution is -2.51. The number of hydrogen-bond acceptors (Lipinski definition) is 4. The zero-order valence-electron chi connectivity index (χ0n) is 13.8. The molecule has 0 saturated carbocycles. The van der Waals surface area contributed by atoms with Crippen molar-refractivity contribution in [2.45, 2.75) is 58.2 Å². The molecule has 2 atom stereocenters. The number of rotatable bonds is 4. The minimum absolute atomic E-state index is 0.0845. The average molecular weight is 297 g/mol. The summed E-state index contributed by atoms with van der Waals surface area (Å²) < 4.78 is 5.31. The lowest BCUT2D eigenvalue weighted by atomic mass is 10.1. The van der Waals surface area contributed by atoms with Crippen LogP contribution in [0.2, 0.25) is 0 Å². The van der Waals surface area contributed by atoms with Crippen molar-refractivity contribution in [3.63, 3.8) is 0 Å². The standard InChI is InChI=1S/C16H31N3O2/c1-13(2)18-7-4-5-15(6-8-18)17-14(3)16(20)19-9-11-21-12-10-19/h13-15,17H,4-12H2,1-3H3. The number of hydrogen-bond donors (Lipinski definition) is 1. The Bertz CT molecular complexity index is 329. The first-order valence-corrected chi connectivity index (χ1v) is 8.44. The Morgan fingerprint density at radius 3 is 2.48 bits per heavy atom. The molecule has 2 aliphatic rings. The van der Waals surface area contributed by atoms with E-state index in [1.807, 2.05) is 11.8 Å². The summed E-state index contributed by atoms with van der Waals surface area (Å²) in [7, 11) is 0. The molecule has 0 radical (unpaired) electrons. The van der Waals surface area contributed by atoms with Crippen LogP contribution in [-0.2, 0) is 9.53 Å². The Kier molecular flexibility index (Phi) is 6.45. The molecule has 2 fully saturated rings. The monoisotopic (exact) mass is 297 g/mol. The lowest BCUT2D eigenvalue weighted by Gasteiger charge is -2.31. The molecule has 2 saturated heterocycles. The molecule has 0 bridgehead atoms. The van der Waals surface area contributed by atoms with Gasteiger partial charge < -0.3 is 19.9 Å². The van der Waals surface area contributed by atoms with Gasteiger partial charge in [0.1, 0.15) is 0 Å². The second-order valence-electron chi connectivity index (χ2n) is 6.58. The molecular formula is C16H31N3O2. The Morgan fingerprint density at radius 1 is 1.10 bits per heavy atom. The van der Waals surface area contributed by atoms with E-state index in [1.54, 1.807) is 0 Å². The molecule has 2 aliphatic heterocycles. The molecule has 122 valence electrons. The van der Waals surface area contributed by atoms with E-state index in [2.05, 4.69) is 24.1 Å². The first-order chi connectivity index (χ1) is 10.1. The first kappa shape index (κ1) is 16.7. The highest BCUT2D eigenvalue weighted by molar-refractivity contribution is 5.81. The minimum Gasteiger partial charge on any atom is -0.378 e. The van der Waals surface area contributed by atoms with Gasteiger partial charge in [0.15, 0.2) is 0 Å². The number of morpholine rings is 1. The summed E-state index contributed by atoms with van der Waals surface area (Å²) in [4.78, 5) is 16.9. The fraction of sp³-hybridized carbons (Fsp3) is 0.938. The molecule has 0 aliphatic carbocycles. The summed E-state index contributed by atoms with van der Waals surface area (Å²) >= 11 is 0. The van der Waals surface area contributed by atoms with E-state index in [1.165, 1.54) is 19.4 Å². The Hall–Kier alpha value is -0.650. The highest BCUT2D eigenvalue weighted by Gasteiger charge is 2.25. The summed E-state index contributed by atoms with van der Waals surface area (Å²) in [6, 6.07) is 1.00. The van der Waals surface area contributed by atoms with E-state index >= 15 is 0 Å². The zero-order valence-corrected chi connectivity index (χ0v) is 13.8. The van der Waals surface area contributed by atoms with Crippen LogP contribution in [-0.4, -0.2) is 73.2 Å². The molecule has 2 heterocycles. The van der Waals surface area contributed by atoms with Crippen LogP contribution < -0.4 is 5.32 Å². The Morgan fingerprint density at radius 2 is 1.81 bits per heavy atom. The van der Waals surface area contributed by atoms with Crippen LogP contribution in [0.15, 0.2) is 0 Å². The van der Waals surface area contributed by atoms with Gasteiger partial charge in [0, 0.05) is 25.2 Å². The molecule has 21 heavy (non-hydrogen) atoms. The maximum absolute atomic E-state index is 12.4. The highest BCUT2D eigenvalue weighted by atomic mass is 16.5. The predicted molar refractivity (Wildman–Crippen MR) is 84.3 cm³/mol. The second kappa shape index (κ2) is 8.11. The Labute approximate surface area is 129 Å². The van der Waals surface area contributed by atoms with Gasteiger partial charge in [0.05, 0.1) is 19.3 Å². The van der Waals surface area contributed by atoms with Crippen LogP contribution >= 0.6 is 0 Å². The third-order valence-electron chi connectivity index (χ3n) is 4.67. The van der Waals surface area contributed by atoms with E-state index in [0.29, 0.717) is 25.3 Å². The Balaban J connectivity index is 1.78. The number of carbonyl (C=O) groups is 1. The van der Waals surface area contributed by atoms with Crippen LogP contribution in [0.25, 0.3) is 0 Å². The van der Waals surface area contributed by atoms with E-state index in [4.69, 9.17) is 4.74 Å². The molecule has 5 nitrogen and oxygen atoms in total. The fourth-order valence-corrected chi connectivity index (χ4v) is 3.28. The lowest BCUT2D eigenvalue weighted by molar-refractivity contribution is -0.137. The van der Waals surface area contributed by atoms with Crippen molar-refractivity contribution in [2.24, 2.45) is 0 Å². The van der Waals surface area contributed by atoms with Gasteiger partial charge >= 0.3 is 0 Å². The van der Waals surface area contributed by atoms with E-state index in [9.17, 15) is 4.79 Å². The maximum Gasteiger partial charge on any atom is 0.239 e. The fourth-order valence-electron chi connectivity index (χ4n) is 3.28. The molecule has 2 unspecified atom stereocenters. The SMILES string of the molecule is CC(NC1CCCN(C(C)C)CC1)C(=O)N1CCOCC1. The second-order valence-corrected chi connectivity index (χ2v) is 6.58. The van der Waals surface area contributed by atoms with Gasteiger partial charge in [-0.2, -0.15) is 0 Å². The molecule has 5 heteroatoms. The van der Waals surface area contributed by atoms with Gasteiger partial charge in [0.2, 0.25) is 5.91 Å². The van der Waals surface area contributed by atoms with Gasteiger partial charge in [-0.1, -0.05) is 0 Å². The van der Waals surface area contributed by atoms with Crippen LogP contribution in [0.5, 0.6) is 0 Å².